The molecular formula is C11H23ClN2O3. The number of alkyl carbamates (subject to hydrolysis) is 1. The summed E-state index contributed by atoms with van der Waals surface area (Å²) in [4.78, 5) is 13.2. The lowest BCUT2D eigenvalue weighted by atomic mass is 10.2. The topological polar surface area (TPSA) is 61.8 Å². The molecule has 0 heterocycles. The Morgan fingerprint density at radius 1 is 1.53 bits per heavy atom. The first-order valence-corrected chi connectivity index (χ1v) is 6.17. The average Bonchev–Trinajstić information content (AvgIpc) is 2.14. The Kier molecular flexibility index (Phi) is 7.50. The standard InChI is InChI=1S/C11H23ClN2O3/c1-11(2,3)17-10(16)13-5-6-14(4)8-9(15)7-12/h9,15H,5-8H2,1-4H3,(H,13,16). The van der Waals surface area contributed by atoms with Gasteiger partial charge in [-0.25, -0.2) is 4.79 Å². The van der Waals surface area contributed by atoms with Gasteiger partial charge < -0.3 is 20.1 Å². The van der Waals surface area contributed by atoms with Crippen molar-refractivity contribution in [3.05, 3.63) is 0 Å². The van der Waals surface area contributed by atoms with E-state index < -0.39 is 17.8 Å². The van der Waals surface area contributed by atoms with Crippen LogP contribution in [0.2, 0.25) is 0 Å². The molecule has 0 aromatic rings. The van der Waals surface area contributed by atoms with Gasteiger partial charge in [-0.2, -0.15) is 0 Å². The first kappa shape index (κ1) is 16.5. The van der Waals surface area contributed by atoms with E-state index in [2.05, 4.69) is 5.32 Å². The zero-order chi connectivity index (χ0) is 13.5. The maximum atomic E-state index is 11.3. The highest BCUT2D eigenvalue weighted by atomic mass is 35.5. The monoisotopic (exact) mass is 266 g/mol. The van der Waals surface area contributed by atoms with Crippen LogP contribution in [-0.4, -0.2) is 60.4 Å². The van der Waals surface area contributed by atoms with E-state index in [0.717, 1.165) is 0 Å². The summed E-state index contributed by atoms with van der Waals surface area (Å²) in [7, 11) is 1.85. The molecule has 0 aliphatic carbocycles. The smallest absolute Gasteiger partial charge is 0.407 e. The molecule has 0 aliphatic heterocycles. The fourth-order valence-corrected chi connectivity index (χ4v) is 1.26. The van der Waals surface area contributed by atoms with Gasteiger partial charge in [0.1, 0.15) is 5.60 Å². The van der Waals surface area contributed by atoms with E-state index in [1.807, 2.05) is 32.7 Å². The van der Waals surface area contributed by atoms with Gasteiger partial charge in [0.15, 0.2) is 0 Å². The van der Waals surface area contributed by atoms with E-state index in [-0.39, 0.29) is 5.88 Å². The van der Waals surface area contributed by atoms with E-state index in [0.29, 0.717) is 19.6 Å². The van der Waals surface area contributed by atoms with Gasteiger partial charge in [0, 0.05) is 25.5 Å². The van der Waals surface area contributed by atoms with Crippen LogP contribution >= 0.6 is 11.6 Å². The van der Waals surface area contributed by atoms with Crippen molar-refractivity contribution in [2.24, 2.45) is 0 Å². The Morgan fingerprint density at radius 2 is 2.12 bits per heavy atom. The summed E-state index contributed by atoms with van der Waals surface area (Å²) in [5, 5.41) is 11.9. The van der Waals surface area contributed by atoms with Crippen molar-refractivity contribution in [2.45, 2.75) is 32.5 Å². The minimum absolute atomic E-state index is 0.212. The summed E-state index contributed by atoms with van der Waals surface area (Å²) in [6.45, 7) is 7.04. The summed E-state index contributed by atoms with van der Waals surface area (Å²) in [5.74, 6) is 0.212. The number of hydrogen-bond donors (Lipinski definition) is 2. The molecule has 5 nitrogen and oxygen atoms in total. The van der Waals surface area contributed by atoms with Crippen molar-refractivity contribution in [1.29, 1.82) is 0 Å². The van der Waals surface area contributed by atoms with Gasteiger partial charge in [-0.05, 0) is 27.8 Å². The zero-order valence-corrected chi connectivity index (χ0v) is 11.8. The first-order valence-electron chi connectivity index (χ1n) is 5.64. The van der Waals surface area contributed by atoms with Crippen molar-refractivity contribution in [1.82, 2.24) is 10.2 Å². The predicted molar refractivity (Wildman–Crippen MR) is 68.5 cm³/mol. The Labute approximate surface area is 108 Å². The molecule has 0 bridgehead atoms. The number of carbonyl (C=O) groups excluding carboxylic acids is 1. The quantitative estimate of drug-likeness (QED) is 0.706. The van der Waals surface area contributed by atoms with Crippen LogP contribution in [0, 0.1) is 0 Å². The maximum absolute atomic E-state index is 11.3. The van der Waals surface area contributed by atoms with E-state index in [1.54, 1.807) is 0 Å². The third-order valence-corrected chi connectivity index (χ3v) is 2.22. The van der Waals surface area contributed by atoms with Gasteiger partial charge in [-0.1, -0.05) is 0 Å². The van der Waals surface area contributed by atoms with Gasteiger partial charge in [0.2, 0.25) is 0 Å². The second-order valence-corrected chi connectivity index (χ2v) is 5.31. The average molecular weight is 267 g/mol. The fraction of sp³-hybridized carbons (Fsp3) is 0.909. The Morgan fingerprint density at radius 3 is 2.59 bits per heavy atom. The highest BCUT2D eigenvalue weighted by Crippen LogP contribution is 2.06. The summed E-state index contributed by atoms with van der Waals surface area (Å²) in [6.07, 6.45) is -0.966. The summed E-state index contributed by atoms with van der Waals surface area (Å²) >= 11 is 5.49. The first-order chi connectivity index (χ1) is 7.74. The molecule has 1 amide bonds. The normalized spacial score (nSPS) is 13.6. The van der Waals surface area contributed by atoms with E-state index in [4.69, 9.17) is 16.3 Å². The number of aliphatic hydroxyl groups is 1. The van der Waals surface area contributed by atoms with Crippen LogP contribution < -0.4 is 5.32 Å². The lowest BCUT2D eigenvalue weighted by Crippen LogP contribution is -2.39. The minimum Gasteiger partial charge on any atom is -0.444 e. The van der Waals surface area contributed by atoms with E-state index >= 15 is 0 Å². The number of aliphatic hydroxyl groups excluding tert-OH is 1. The number of alkyl halides is 1. The molecular weight excluding hydrogens is 244 g/mol. The predicted octanol–water partition coefficient (Wildman–Crippen LogP) is 1.04. The molecule has 2 N–H and O–H groups in total. The van der Waals surface area contributed by atoms with Crippen molar-refractivity contribution in [3.8, 4) is 0 Å². The molecule has 0 aromatic heterocycles. The lowest BCUT2D eigenvalue weighted by Gasteiger charge is -2.21. The number of carbonyl (C=O) groups is 1. The molecule has 17 heavy (non-hydrogen) atoms. The number of nitrogens with one attached hydrogen (secondary N) is 1. The van der Waals surface area contributed by atoms with Gasteiger partial charge >= 0.3 is 6.09 Å². The van der Waals surface area contributed by atoms with Crippen LogP contribution in [0.15, 0.2) is 0 Å². The molecule has 0 fully saturated rings. The van der Waals surface area contributed by atoms with Crippen LogP contribution in [0.25, 0.3) is 0 Å². The van der Waals surface area contributed by atoms with Gasteiger partial charge in [0.05, 0.1) is 6.10 Å². The molecule has 1 atom stereocenters. The highest BCUT2D eigenvalue weighted by Gasteiger charge is 2.15. The number of hydrogen-bond acceptors (Lipinski definition) is 4. The molecule has 0 aliphatic rings. The molecule has 0 aromatic carbocycles. The van der Waals surface area contributed by atoms with Crippen LogP contribution in [0.5, 0.6) is 0 Å². The van der Waals surface area contributed by atoms with Crippen LogP contribution in [-0.2, 0) is 4.74 Å². The fourth-order valence-electron chi connectivity index (χ4n) is 1.16. The van der Waals surface area contributed by atoms with Crippen molar-refractivity contribution < 1.29 is 14.6 Å². The van der Waals surface area contributed by atoms with E-state index in [9.17, 15) is 9.90 Å². The SMILES string of the molecule is CN(CCNC(=O)OC(C)(C)C)CC(O)CCl. The molecule has 0 radical (unpaired) electrons. The Bertz CT molecular complexity index is 231. The van der Waals surface area contributed by atoms with Crippen molar-refractivity contribution >= 4 is 17.7 Å². The largest absolute Gasteiger partial charge is 0.444 e. The number of halogens is 1. The molecule has 0 spiro atoms. The highest BCUT2D eigenvalue weighted by molar-refractivity contribution is 6.18. The number of amides is 1. The van der Waals surface area contributed by atoms with Gasteiger partial charge in [-0.15, -0.1) is 11.6 Å². The van der Waals surface area contributed by atoms with Crippen LogP contribution in [0.1, 0.15) is 20.8 Å². The van der Waals surface area contributed by atoms with Crippen molar-refractivity contribution in [2.75, 3.05) is 32.6 Å². The van der Waals surface area contributed by atoms with Gasteiger partial charge in [-0.3, -0.25) is 0 Å². The molecule has 6 heteroatoms. The molecule has 0 rings (SSSR count). The molecule has 0 saturated carbocycles. The van der Waals surface area contributed by atoms with E-state index in [1.165, 1.54) is 0 Å². The van der Waals surface area contributed by atoms with Crippen molar-refractivity contribution in [3.63, 3.8) is 0 Å². The zero-order valence-electron chi connectivity index (χ0n) is 11.0. The Hall–Kier alpha value is -0.520. The maximum Gasteiger partial charge on any atom is 0.407 e. The third kappa shape index (κ3) is 10.4. The lowest BCUT2D eigenvalue weighted by molar-refractivity contribution is 0.0521. The van der Waals surface area contributed by atoms with Gasteiger partial charge in [0.25, 0.3) is 0 Å². The number of likely N-dealkylation sites (N-methyl/N-ethyl adjacent to an activating group) is 1. The third-order valence-electron chi connectivity index (χ3n) is 1.86. The molecule has 102 valence electrons. The second kappa shape index (κ2) is 7.74. The number of ether oxygens (including phenoxy) is 1. The second-order valence-electron chi connectivity index (χ2n) is 5.00. The summed E-state index contributed by atoms with van der Waals surface area (Å²) in [5.41, 5.74) is -0.481. The van der Waals surface area contributed by atoms with Crippen LogP contribution in [0.3, 0.4) is 0 Å². The number of rotatable bonds is 6. The number of nitrogens with zero attached hydrogens (tertiary/aromatic N) is 1. The minimum atomic E-state index is -0.539. The molecule has 1 unspecified atom stereocenters. The Balaban J connectivity index is 3.66. The summed E-state index contributed by atoms with van der Waals surface area (Å²) < 4.78 is 5.08. The molecule has 0 saturated heterocycles. The van der Waals surface area contributed by atoms with Crippen LogP contribution in [0.4, 0.5) is 4.79 Å². The summed E-state index contributed by atoms with van der Waals surface area (Å²) in [6, 6.07) is 0.